The number of para-hydroxylation sites is 1. The van der Waals surface area contributed by atoms with E-state index in [-0.39, 0.29) is 0 Å². The van der Waals surface area contributed by atoms with Gasteiger partial charge in [-0.05, 0) is 98.2 Å². The molecule has 2 nitrogen and oxygen atoms in total. The monoisotopic (exact) mass is 689 g/mol. The minimum absolute atomic E-state index is 0.860. The second-order valence-corrected chi connectivity index (χ2v) is 13.7. The molecule has 0 spiro atoms. The third-order valence-corrected chi connectivity index (χ3v) is 10.5. The van der Waals surface area contributed by atoms with Crippen molar-refractivity contribution in [2.75, 3.05) is 4.90 Å². The molecule has 254 valence electrons. The number of nitrogens with zero attached hydrogens (tertiary/aromatic N) is 1. The predicted octanol–water partition coefficient (Wildman–Crippen LogP) is 14.9. The van der Waals surface area contributed by atoms with Gasteiger partial charge in [0.2, 0.25) is 0 Å². The van der Waals surface area contributed by atoms with Crippen LogP contribution < -0.4 is 4.90 Å². The molecule has 0 aliphatic rings. The summed E-state index contributed by atoms with van der Waals surface area (Å²) in [5.74, 6) is 0. The molecular formula is C52H35NO. The quantitative estimate of drug-likeness (QED) is 0.166. The Labute approximate surface area is 314 Å². The van der Waals surface area contributed by atoms with Crippen molar-refractivity contribution in [2.24, 2.45) is 0 Å². The molecule has 0 N–H and O–H groups in total. The molecule has 0 fully saturated rings. The first-order chi connectivity index (χ1) is 26.8. The number of benzene rings is 9. The molecule has 1 aromatic heterocycles. The minimum Gasteiger partial charge on any atom is -0.456 e. The van der Waals surface area contributed by atoms with Crippen LogP contribution in [0.15, 0.2) is 217 Å². The standard InChI is InChI=1S/C52H35NO/c1-4-14-36(15-5-1)39-24-28-43(29-25-39)53(44-30-26-38-18-10-11-21-41(38)34-44)48-32-33-50-52(46-22-12-13-23-49(46)54-50)51(48)45-31-27-42(37-16-6-2-7-17-37)35-47(45)40-19-8-3-9-20-40/h1-35H. The van der Waals surface area contributed by atoms with E-state index in [0.717, 1.165) is 61.3 Å². The van der Waals surface area contributed by atoms with E-state index in [0.29, 0.717) is 0 Å². The van der Waals surface area contributed by atoms with Crippen molar-refractivity contribution < 1.29 is 4.42 Å². The molecule has 54 heavy (non-hydrogen) atoms. The number of rotatable bonds is 7. The summed E-state index contributed by atoms with van der Waals surface area (Å²) in [5.41, 5.74) is 14.3. The average molecular weight is 690 g/mol. The molecule has 2 heteroatoms. The van der Waals surface area contributed by atoms with Crippen LogP contribution in [-0.4, -0.2) is 0 Å². The molecule has 0 aliphatic carbocycles. The van der Waals surface area contributed by atoms with Crippen LogP contribution in [-0.2, 0) is 0 Å². The number of anilines is 3. The molecule has 10 aromatic rings. The predicted molar refractivity (Wildman–Crippen MR) is 228 cm³/mol. The lowest BCUT2D eigenvalue weighted by Gasteiger charge is -2.29. The highest BCUT2D eigenvalue weighted by molar-refractivity contribution is 6.18. The fourth-order valence-corrected chi connectivity index (χ4v) is 7.87. The van der Waals surface area contributed by atoms with Crippen LogP contribution in [0, 0.1) is 0 Å². The molecule has 0 radical (unpaired) electrons. The van der Waals surface area contributed by atoms with Gasteiger partial charge in [0.1, 0.15) is 11.2 Å². The maximum absolute atomic E-state index is 6.60. The van der Waals surface area contributed by atoms with Crippen molar-refractivity contribution in [3.05, 3.63) is 212 Å². The molecule has 0 atom stereocenters. The largest absolute Gasteiger partial charge is 0.456 e. The van der Waals surface area contributed by atoms with E-state index in [1.807, 2.05) is 6.07 Å². The van der Waals surface area contributed by atoms with Gasteiger partial charge in [0.25, 0.3) is 0 Å². The van der Waals surface area contributed by atoms with Crippen molar-refractivity contribution in [3.8, 4) is 44.5 Å². The van der Waals surface area contributed by atoms with Gasteiger partial charge in [0, 0.05) is 27.7 Å². The lowest BCUT2D eigenvalue weighted by Crippen LogP contribution is -2.11. The zero-order chi connectivity index (χ0) is 35.8. The van der Waals surface area contributed by atoms with E-state index in [9.17, 15) is 0 Å². The van der Waals surface area contributed by atoms with Crippen molar-refractivity contribution in [2.45, 2.75) is 0 Å². The van der Waals surface area contributed by atoms with Crippen LogP contribution in [0.1, 0.15) is 0 Å². The van der Waals surface area contributed by atoms with Crippen LogP contribution in [0.25, 0.3) is 77.2 Å². The second-order valence-electron chi connectivity index (χ2n) is 13.7. The fraction of sp³-hybridized carbons (Fsp3) is 0. The Morgan fingerprint density at radius 1 is 0.333 bits per heavy atom. The van der Waals surface area contributed by atoms with Crippen molar-refractivity contribution in [3.63, 3.8) is 0 Å². The first kappa shape index (κ1) is 31.6. The summed E-state index contributed by atoms with van der Waals surface area (Å²) in [5, 5.41) is 4.59. The van der Waals surface area contributed by atoms with Crippen LogP contribution in [0.2, 0.25) is 0 Å². The summed E-state index contributed by atoms with van der Waals surface area (Å²) in [6.45, 7) is 0. The van der Waals surface area contributed by atoms with E-state index in [4.69, 9.17) is 4.42 Å². The topological polar surface area (TPSA) is 16.4 Å². The molecule has 9 aromatic carbocycles. The van der Waals surface area contributed by atoms with Gasteiger partial charge in [-0.2, -0.15) is 0 Å². The fourth-order valence-electron chi connectivity index (χ4n) is 7.87. The highest BCUT2D eigenvalue weighted by Crippen LogP contribution is 2.50. The third-order valence-electron chi connectivity index (χ3n) is 10.5. The van der Waals surface area contributed by atoms with Gasteiger partial charge >= 0.3 is 0 Å². The maximum atomic E-state index is 6.60. The number of hydrogen-bond acceptors (Lipinski definition) is 2. The molecule has 0 saturated carbocycles. The minimum atomic E-state index is 0.860. The van der Waals surface area contributed by atoms with Gasteiger partial charge in [0.15, 0.2) is 0 Å². The smallest absolute Gasteiger partial charge is 0.136 e. The number of fused-ring (bicyclic) bond motifs is 4. The summed E-state index contributed by atoms with van der Waals surface area (Å²) in [7, 11) is 0. The van der Waals surface area contributed by atoms with Crippen LogP contribution in [0.5, 0.6) is 0 Å². The Balaban J connectivity index is 1.29. The highest BCUT2D eigenvalue weighted by Gasteiger charge is 2.25. The number of hydrogen-bond donors (Lipinski definition) is 0. The third kappa shape index (κ3) is 5.62. The van der Waals surface area contributed by atoms with Crippen molar-refractivity contribution in [1.29, 1.82) is 0 Å². The van der Waals surface area contributed by atoms with Gasteiger partial charge in [-0.25, -0.2) is 0 Å². The zero-order valence-corrected chi connectivity index (χ0v) is 29.6. The van der Waals surface area contributed by atoms with Crippen LogP contribution >= 0.6 is 0 Å². The SMILES string of the molecule is c1ccc(-c2ccc(N(c3ccc4ccccc4c3)c3ccc4oc5ccccc5c4c3-c3ccc(-c4ccccc4)cc3-c3ccccc3)cc2)cc1. The van der Waals surface area contributed by atoms with Crippen LogP contribution in [0.3, 0.4) is 0 Å². The highest BCUT2D eigenvalue weighted by atomic mass is 16.3. The van der Waals surface area contributed by atoms with E-state index in [2.05, 4.69) is 211 Å². The van der Waals surface area contributed by atoms with Crippen molar-refractivity contribution >= 4 is 49.8 Å². The summed E-state index contributed by atoms with van der Waals surface area (Å²) >= 11 is 0. The Hall–Kier alpha value is -7.16. The number of furan rings is 1. The van der Waals surface area contributed by atoms with Gasteiger partial charge in [-0.15, -0.1) is 0 Å². The summed E-state index contributed by atoms with van der Waals surface area (Å²) < 4.78 is 6.60. The van der Waals surface area contributed by atoms with Gasteiger partial charge in [-0.1, -0.05) is 164 Å². The molecule has 0 amide bonds. The molecule has 10 rings (SSSR count). The Kier molecular flexibility index (Phi) is 7.85. The summed E-state index contributed by atoms with van der Waals surface area (Å²) in [4.78, 5) is 2.41. The summed E-state index contributed by atoms with van der Waals surface area (Å²) in [6, 6.07) is 76.0. The molecule has 0 saturated heterocycles. The van der Waals surface area contributed by atoms with E-state index >= 15 is 0 Å². The molecule has 0 aliphatic heterocycles. The van der Waals surface area contributed by atoms with Gasteiger partial charge in [-0.3, -0.25) is 0 Å². The Morgan fingerprint density at radius 2 is 0.907 bits per heavy atom. The molecule has 1 heterocycles. The molecule has 0 unspecified atom stereocenters. The normalized spacial score (nSPS) is 11.3. The maximum Gasteiger partial charge on any atom is 0.136 e. The van der Waals surface area contributed by atoms with Gasteiger partial charge < -0.3 is 9.32 Å². The van der Waals surface area contributed by atoms with E-state index < -0.39 is 0 Å². The average Bonchev–Trinajstić information content (AvgIpc) is 3.64. The molecule has 0 bridgehead atoms. The van der Waals surface area contributed by atoms with Gasteiger partial charge in [0.05, 0.1) is 5.69 Å². The van der Waals surface area contributed by atoms with E-state index in [1.54, 1.807) is 0 Å². The first-order valence-electron chi connectivity index (χ1n) is 18.4. The second kappa shape index (κ2) is 13.4. The Morgan fingerprint density at radius 3 is 1.65 bits per heavy atom. The lowest BCUT2D eigenvalue weighted by atomic mass is 9.88. The Bertz CT molecular complexity index is 2910. The van der Waals surface area contributed by atoms with E-state index in [1.165, 1.54) is 33.0 Å². The lowest BCUT2D eigenvalue weighted by molar-refractivity contribution is 0.669. The van der Waals surface area contributed by atoms with Crippen molar-refractivity contribution in [1.82, 2.24) is 0 Å². The first-order valence-corrected chi connectivity index (χ1v) is 18.4. The van der Waals surface area contributed by atoms with Crippen LogP contribution in [0.4, 0.5) is 17.1 Å². The zero-order valence-electron chi connectivity index (χ0n) is 29.6. The molecular weight excluding hydrogens is 655 g/mol. The summed E-state index contributed by atoms with van der Waals surface area (Å²) in [6.07, 6.45) is 0.